The molecule has 2 aromatic heterocycles. The van der Waals surface area contributed by atoms with Gasteiger partial charge >= 0.3 is 0 Å². The molecule has 1 atom stereocenters. The standard InChI is InChI=1S/C42H46N4O2/c1-4-43(2)22-9-25-46-37-18-15-31-32(17-20-39(31)47)40(37)41-34-27-28(42(48)33(34)16-19-38(41)46)21-26-44(3)23-10-24-45-35-13-7-5-11-29(35)30-12-6-8-14-36(30)45/h5-8,11-16,18-19,28H,4,9-10,17,20-27H2,1-3H3. The Morgan fingerprint density at radius 2 is 1.23 bits per heavy atom. The Morgan fingerprint density at radius 3 is 1.90 bits per heavy atom. The second-order valence-electron chi connectivity index (χ2n) is 14.2. The zero-order valence-electron chi connectivity index (χ0n) is 28.6. The Bertz CT molecular complexity index is 2150. The molecule has 48 heavy (non-hydrogen) atoms. The first-order chi connectivity index (χ1) is 23.4. The van der Waals surface area contributed by atoms with Gasteiger partial charge in [0.05, 0.1) is 0 Å². The number of fused-ring (bicyclic) bond motifs is 10. The molecular weight excluding hydrogens is 592 g/mol. The molecule has 0 aliphatic heterocycles. The van der Waals surface area contributed by atoms with E-state index in [4.69, 9.17) is 0 Å². The fraction of sp³-hybridized carbons (Fsp3) is 0.381. The Balaban J connectivity index is 1.00. The number of carbonyl (C=O) groups is 2. The molecule has 0 spiro atoms. The van der Waals surface area contributed by atoms with Crippen LogP contribution in [0.2, 0.25) is 0 Å². The summed E-state index contributed by atoms with van der Waals surface area (Å²) < 4.78 is 4.92. The fourth-order valence-electron chi connectivity index (χ4n) is 8.67. The Kier molecular flexibility index (Phi) is 8.18. The van der Waals surface area contributed by atoms with Crippen LogP contribution in [-0.2, 0) is 25.9 Å². The molecule has 0 N–H and O–H groups in total. The van der Waals surface area contributed by atoms with Gasteiger partial charge < -0.3 is 18.9 Å². The average Bonchev–Trinajstić information content (AvgIpc) is 3.83. The van der Waals surface area contributed by atoms with Crippen molar-refractivity contribution in [2.24, 2.45) is 5.92 Å². The number of carbonyl (C=O) groups excluding carboxylic acids is 2. The summed E-state index contributed by atoms with van der Waals surface area (Å²) in [5.41, 5.74) is 9.20. The van der Waals surface area contributed by atoms with E-state index < -0.39 is 0 Å². The number of benzene rings is 4. The van der Waals surface area contributed by atoms with Gasteiger partial charge in [-0.05, 0) is 120 Å². The number of hydrogen-bond acceptors (Lipinski definition) is 4. The summed E-state index contributed by atoms with van der Waals surface area (Å²) in [6, 6.07) is 25.9. The van der Waals surface area contributed by atoms with Gasteiger partial charge in [-0.1, -0.05) is 43.3 Å². The molecule has 2 aliphatic rings. The maximum Gasteiger partial charge on any atom is 0.166 e. The van der Waals surface area contributed by atoms with Crippen LogP contribution in [0.25, 0.3) is 43.6 Å². The first kappa shape index (κ1) is 31.0. The predicted octanol–water partition coefficient (Wildman–Crippen LogP) is 8.14. The molecule has 0 bridgehead atoms. The van der Waals surface area contributed by atoms with Crippen LogP contribution in [0, 0.1) is 5.92 Å². The van der Waals surface area contributed by atoms with Crippen LogP contribution in [-0.4, -0.2) is 70.8 Å². The van der Waals surface area contributed by atoms with Crippen molar-refractivity contribution in [3.63, 3.8) is 0 Å². The molecule has 0 fully saturated rings. The minimum atomic E-state index is 0.000354. The van der Waals surface area contributed by atoms with Gasteiger partial charge in [0.1, 0.15) is 0 Å². The number of hydrogen-bond donors (Lipinski definition) is 0. The van der Waals surface area contributed by atoms with E-state index in [9.17, 15) is 9.59 Å². The first-order valence-electron chi connectivity index (χ1n) is 17.9. The third-order valence-electron chi connectivity index (χ3n) is 11.3. The second kappa shape index (κ2) is 12.6. The number of ketones is 2. The van der Waals surface area contributed by atoms with E-state index >= 15 is 0 Å². The molecule has 8 rings (SSSR count). The van der Waals surface area contributed by atoms with Crippen LogP contribution in [0.4, 0.5) is 0 Å². The maximum absolute atomic E-state index is 13.9. The van der Waals surface area contributed by atoms with Crippen LogP contribution in [0.5, 0.6) is 0 Å². The highest BCUT2D eigenvalue weighted by Gasteiger charge is 2.34. The zero-order valence-corrected chi connectivity index (χ0v) is 28.6. The lowest BCUT2D eigenvalue weighted by Gasteiger charge is -2.19. The number of Topliss-reactive ketones (excluding diaryl/α,β-unsaturated/α-hetero) is 2. The summed E-state index contributed by atoms with van der Waals surface area (Å²) in [6.45, 7) is 8.05. The van der Waals surface area contributed by atoms with Crippen molar-refractivity contribution < 1.29 is 9.59 Å². The van der Waals surface area contributed by atoms with Gasteiger partial charge in [0.15, 0.2) is 11.6 Å². The van der Waals surface area contributed by atoms with Gasteiger partial charge in [0.25, 0.3) is 0 Å². The second-order valence-corrected chi connectivity index (χ2v) is 14.2. The Hall–Kier alpha value is -4.26. The normalized spacial score (nSPS) is 16.1. The molecule has 2 aliphatic carbocycles. The van der Waals surface area contributed by atoms with E-state index in [0.29, 0.717) is 12.2 Å². The highest BCUT2D eigenvalue weighted by Crippen LogP contribution is 2.43. The molecule has 0 amide bonds. The van der Waals surface area contributed by atoms with Gasteiger partial charge in [-0.3, -0.25) is 9.59 Å². The van der Waals surface area contributed by atoms with Crippen molar-refractivity contribution in [1.82, 2.24) is 18.9 Å². The van der Waals surface area contributed by atoms with Crippen LogP contribution < -0.4 is 0 Å². The van der Waals surface area contributed by atoms with Gasteiger partial charge in [-0.15, -0.1) is 0 Å². The minimum absolute atomic E-state index is 0.000354. The van der Waals surface area contributed by atoms with Crippen molar-refractivity contribution >= 4 is 55.2 Å². The van der Waals surface area contributed by atoms with Crippen molar-refractivity contribution in [3.05, 3.63) is 95.1 Å². The van der Waals surface area contributed by atoms with Crippen molar-refractivity contribution in [2.45, 2.75) is 58.5 Å². The zero-order chi connectivity index (χ0) is 32.9. The van der Waals surface area contributed by atoms with E-state index in [0.717, 1.165) is 82.5 Å². The van der Waals surface area contributed by atoms with E-state index in [1.54, 1.807) is 0 Å². The molecule has 1 unspecified atom stereocenters. The molecule has 6 nitrogen and oxygen atoms in total. The van der Waals surface area contributed by atoms with Gasteiger partial charge in [0.2, 0.25) is 0 Å². The monoisotopic (exact) mass is 638 g/mol. The molecule has 0 radical (unpaired) electrons. The molecule has 0 saturated heterocycles. The van der Waals surface area contributed by atoms with Crippen molar-refractivity contribution in [2.75, 3.05) is 40.3 Å². The van der Waals surface area contributed by atoms with Crippen LogP contribution in [0.15, 0.2) is 72.8 Å². The Labute approximate surface area is 282 Å². The number of aryl methyl sites for hydroxylation is 3. The van der Waals surface area contributed by atoms with E-state index in [-0.39, 0.29) is 11.7 Å². The summed E-state index contributed by atoms with van der Waals surface area (Å²) in [4.78, 5) is 31.4. The van der Waals surface area contributed by atoms with Crippen molar-refractivity contribution in [3.8, 4) is 0 Å². The van der Waals surface area contributed by atoms with E-state index in [1.807, 2.05) is 6.07 Å². The molecule has 0 saturated carbocycles. The largest absolute Gasteiger partial charge is 0.340 e. The lowest BCUT2D eigenvalue weighted by atomic mass is 9.97. The minimum Gasteiger partial charge on any atom is -0.340 e. The molecular formula is C42H46N4O2. The summed E-state index contributed by atoms with van der Waals surface area (Å²) in [5.74, 6) is 0.542. The summed E-state index contributed by atoms with van der Waals surface area (Å²) in [5, 5.41) is 5.09. The number of nitrogens with zero attached hydrogens (tertiary/aromatic N) is 4. The molecule has 246 valence electrons. The molecule has 2 heterocycles. The lowest BCUT2D eigenvalue weighted by Crippen LogP contribution is -2.25. The number of aromatic nitrogens is 2. The molecule has 4 aromatic carbocycles. The SMILES string of the molecule is CCN(C)CCCn1c2ccc3c(c2c2c4c(ccc21)C(=O)C(CCN(C)CCCn1c2ccccc2c2ccccc21)C4)CCC3=O. The van der Waals surface area contributed by atoms with Crippen LogP contribution in [0.3, 0.4) is 0 Å². The highest BCUT2D eigenvalue weighted by molar-refractivity contribution is 6.19. The quantitative estimate of drug-likeness (QED) is 0.136. The smallest absolute Gasteiger partial charge is 0.166 e. The van der Waals surface area contributed by atoms with Gasteiger partial charge in [0, 0.05) is 80.2 Å². The summed E-state index contributed by atoms with van der Waals surface area (Å²) in [7, 11) is 4.37. The molecule has 6 aromatic rings. The average molecular weight is 639 g/mol. The van der Waals surface area contributed by atoms with Crippen LogP contribution in [0.1, 0.15) is 64.4 Å². The highest BCUT2D eigenvalue weighted by atomic mass is 16.1. The summed E-state index contributed by atoms with van der Waals surface area (Å²) >= 11 is 0. The van der Waals surface area contributed by atoms with Gasteiger partial charge in [-0.25, -0.2) is 0 Å². The third kappa shape index (κ3) is 5.17. The third-order valence-corrected chi connectivity index (χ3v) is 11.3. The van der Waals surface area contributed by atoms with Crippen LogP contribution >= 0.6 is 0 Å². The number of para-hydroxylation sites is 2. The first-order valence-corrected chi connectivity index (χ1v) is 17.9. The summed E-state index contributed by atoms with van der Waals surface area (Å²) in [6.07, 6.45) is 5.14. The van der Waals surface area contributed by atoms with E-state index in [2.05, 4.69) is 107 Å². The lowest BCUT2D eigenvalue weighted by molar-refractivity contribution is 0.0922. The predicted molar refractivity (Wildman–Crippen MR) is 198 cm³/mol. The topological polar surface area (TPSA) is 50.5 Å². The van der Waals surface area contributed by atoms with Crippen molar-refractivity contribution in [1.29, 1.82) is 0 Å². The van der Waals surface area contributed by atoms with E-state index in [1.165, 1.54) is 54.7 Å². The Morgan fingerprint density at radius 1 is 0.646 bits per heavy atom. The molecule has 6 heteroatoms. The maximum atomic E-state index is 13.9. The number of rotatable bonds is 12. The fourth-order valence-corrected chi connectivity index (χ4v) is 8.67. The van der Waals surface area contributed by atoms with Gasteiger partial charge in [-0.2, -0.15) is 0 Å².